The molecule has 1 fully saturated rings. The third-order valence-electron chi connectivity index (χ3n) is 3.72. The van der Waals surface area contributed by atoms with Crippen LogP contribution in [0.15, 0.2) is 0 Å². The van der Waals surface area contributed by atoms with Crippen molar-refractivity contribution in [1.82, 2.24) is 5.32 Å². The van der Waals surface area contributed by atoms with Crippen molar-refractivity contribution in [3.63, 3.8) is 0 Å². The van der Waals surface area contributed by atoms with Crippen LogP contribution in [0.4, 0.5) is 0 Å². The van der Waals surface area contributed by atoms with Gasteiger partial charge in [-0.1, -0.05) is 13.3 Å². The lowest BCUT2D eigenvalue weighted by Crippen LogP contribution is -2.36. The molecule has 0 radical (unpaired) electrons. The standard InChI is InChI=1S/C13H23NO4/c1-3-9-7-10(11(8-9)13(16)17)12(15)14-5-4-6-18-2/h9-11H,3-8H2,1-2H3,(H,14,15)(H,16,17). The molecule has 1 aliphatic carbocycles. The predicted molar refractivity (Wildman–Crippen MR) is 67.1 cm³/mol. The molecule has 3 unspecified atom stereocenters. The molecule has 0 aromatic rings. The highest BCUT2D eigenvalue weighted by Crippen LogP contribution is 2.38. The molecule has 2 N–H and O–H groups in total. The number of ether oxygens (including phenoxy) is 1. The highest BCUT2D eigenvalue weighted by Gasteiger charge is 2.41. The topological polar surface area (TPSA) is 75.6 Å². The van der Waals surface area contributed by atoms with Gasteiger partial charge in [-0.2, -0.15) is 0 Å². The highest BCUT2D eigenvalue weighted by atomic mass is 16.5. The third-order valence-corrected chi connectivity index (χ3v) is 3.72. The molecule has 0 bridgehead atoms. The molecule has 0 heterocycles. The molecule has 1 amide bonds. The van der Waals surface area contributed by atoms with Crippen LogP contribution in [0.2, 0.25) is 0 Å². The zero-order valence-electron chi connectivity index (χ0n) is 11.1. The molecule has 104 valence electrons. The Balaban J connectivity index is 2.46. The second-order valence-electron chi connectivity index (χ2n) is 4.93. The van der Waals surface area contributed by atoms with Crippen LogP contribution in [0.1, 0.15) is 32.6 Å². The predicted octanol–water partition coefficient (Wildman–Crippen LogP) is 1.28. The van der Waals surface area contributed by atoms with E-state index in [9.17, 15) is 9.59 Å². The number of hydrogen-bond acceptors (Lipinski definition) is 3. The van der Waals surface area contributed by atoms with Crippen LogP contribution in [-0.4, -0.2) is 37.2 Å². The van der Waals surface area contributed by atoms with Crippen LogP contribution in [0.3, 0.4) is 0 Å². The van der Waals surface area contributed by atoms with E-state index in [1.54, 1.807) is 7.11 Å². The smallest absolute Gasteiger partial charge is 0.307 e. The highest BCUT2D eigenvalue weighted by molar-refractivity contribution is 5.85. The lowest BCUT2D eigenvalue weighted by atomic mass is 9.95. The minimum absolute atomic E-state index is 0.116. The third kappa shape index (κ3) is 3.98. The molecule has 0 aliphatic heterocycles. The number of methoxy groups -OCH3 is 1. The van der Waals surface area contributed by atoms with Crippen LogP contribution in [0.5, 0.6) is 0 Å². The molecule has 18 heavy (non-hydrogen) atoms. The first-order valence-electron chi connectivity index (χ1n) is 6.59. The summed E-state index contributed by atoms with van der Waals surface area (Å²) in [6.45, 7) is 3.19. The fourth-order valence-corrected chi connectivity index (χ4v) is 2.60. The van der Waals surface area contributed by atoms with Gasteiger partial charge in [0.1, 0.15) is 0 Å². The first-order chi connectivity index (χ1) is 8.60. The van der Waals surface area contributed by atoms with Crippen molar-refractivity contribution >= 4 is 11.9 Å². The van der Waals surface area contributed by atoms with E-state index in [1.807, 2.05) is 6.92 Å². The number of nitrogens with one attached hydrogen (secondary N) is 1. The number of amides is 1. The van der Waals surface area contributed by atoms with Gasteiger partial charge in [0.15, 0.2) is 0 Å². The largest absolute Gasteiger partial charge is 0.481 e. The monoisotopic (exact) mass is 257 g/mol. The number of hydrogen-bond donors (Lipinski definition) is 2. The van der Waals surface area contributed by atoms with Gasteiger partial charge in [0.2, 0.25) is 5.91 Å². The van der Waals surface area contributed by atoms with E-state index in [4.69, 9.17) is 9.84 Å². The van der Waals surface area contributed by atoms with E-state index < -0.39 is 11.9 Å². The molecular weight excluding hydrogens is 234 g/mol. The molecule has 0 aromatic carbocycles. The Morgan fingerprint density at radius 1 is 1.33 bits per heavy atom. The van der Waals surface area contributed by atoms with Crippen molar-refractivity contribution in [2.24, 2.45) is 17.8 Å². The second-order valence-corrected chi connectivity index (χ2v) is 4.93. The van der Waals surface area contributed by atoms with E-state index in [2.05, 4.69) is 5.32 Å². The van der Waals surface area contributed by atoms with Gasteiger partial charge in [0.25, 0.3) is 0 Å². The summed E-state index contributed by atoms with van der Waals surface area (Å²) < 4.78 is 4.90. The number of carbonyl (C=O) groups excluding carboxylic acids is 1. The molecule has 1 aliphatic rings. The van der Waals surface area contributed by atoms with Gasteiger partial charge in [-0.3, -0.25) is 9.59 Å². The maximum Gasteiger partial charge on any atom is 0.307 e. The van der Waals surface area contributed by atoms with Gasteiger partial charge >= 0.3 is 5.97 Å². The average molecular weight is 257 g/mol. The minimum atomic E-state index is -0.844. The Kier molecular flexibility index (Phi) is 6.12. The van der Waals surface area contributed by atoms with E-state index >= 15 is 0 Å². The molecular formula is C13H23NO4. The van der Waals surface area contributed by atoms with Gasteiger partial charge < -0.3 is 15.2 Å². The Hall–Kier alpha value is -1.10. The summed E-state index contributed by atoms with van der Waals surface area (Å²) in [4.78, 5) is 23.1. The zero-order valence-corrected chi connectivity index (χ0v) is 11.1. The average Bonchev–Trinajstić information content (AvgIpc) is 2.78. The summed E-state index contributed by atoms with van der Waals surface area (Å²) in [6.07, 6.45) is 3.02. The van der Waals surface area contributed by atoms with E-state index in [0.29, 0.717) is 31.9 Å². The fraction of sp³-hybridized carbons (Fsp3) is 0.846. The number of rotatable bonds is 7. The summed E-state index contributed by atoms with van der Waals surface area (Å²) >= 11 is 0. The maximum atomic E-state index is 12.0. The maximum absolute atomic E-state index is 12.0. The van der Waals surface area contributed by atoms with Crippen LogP contribution < -0.4 is 5.32 Å². The Bertz CT molecular complexity index is 293. The van der Waals surface area contributed by atoms with Gasteiger partial charge in [-0.15, -0.1) is 0 Å². The van der Waals surface area contributed by atoms with E-state index in [0.717, 1.165) is 12.8 Å². The van der Waals surface area contributed by atoms with Crippen molar-refractivity contribution < 1.29 is 19.4 Å². The van der Waals surface area contributed by atoms with Crippen LogP contribution in [0.25, 0.3) is 0 Å². The number of carboxylic acid groups (broad SMARTS) is 1. The lowest BCUT2D eigenvalue weighted by Gasteiger charge is -2.15. The number of carboxylic acids is 1. The van der Waals surface area contributed by atoms with Gasteiger partial charge in [0.05, 0.1) is 11.8 Å². The molecule has 3 atom stereocenters. The van der Waals surface area contributed by atoms with Crippen LogP contribution in [0, 0.1) is 17.8 Å². The van der Waals surface area contributed by atoms with Crippen LogP contribution in [-0.2, 0) is 14.3 Å². The Morgan fingerprint density at radius 2 is 2.00 bits per heavy atom. The quantitative estimate of drug-likeness (QED) is 0.674. The van der Waals surface area contributed by atoms with Crippen molar-refractivity contribution in [1.29, 1.82) is 0 Å². The summed E-state index contributed by atoms with van der Waals surface area (Å²) in [5.74, 6) is -1.48. The fourth-order valence-electron chi connectivity index (χ4n) is 2.60. The number of carbonyl (C=O) groups is 2. The Labute approximate surface area is 108 Å². The molecule has 5 nitrogen and oxygen atoms in total. The summed E-state index contributed by atoms with van der Waals surface area (Å²) in [5.41, 5.74) is 0. The molecule has 0 saturated heterocycles. The zero-order chi connectivity index (χ0) is 13.5. The first kappa shape index (κ1) is 15.0. The summed E-state index contributed by atoms with van der Waals surface area (Å²) in [7, 11) is 1.62. The summed E-state index contributed by atoms with van der Waals surface area (Å²) in [6, 6.07) is 0. The molecule has 0 spiro atoms. The van der Waals surface area contributed by atoms with Crippen molar-refractivity contribution in [3.8, 4) is 0 Å². The summed E-state index contributed by atoms with van der Waals surface area (Å²) in [5, 5.41) is 12.0. The van der Waals surface area contributed by atoms with E-state index in [-0.39, 0.29) is 11.8 Å². The van der Waals surface area contributed by atoms with E-state index in [1.165, 1.54) is 0 Å². The van der Waals surface area contributed by atoms with Gasteiger partial charge in [-0.25, -0.2) is 0 Å². The lowest BCUT2D eigenvalue weighted by molar-refractivity contribution is -0.146. The Morgan fingerprint density at radius 3 is 2.56 bits per heavy atom. The van der Waals surface area contributed by atoms with Crippen LogP contribution >= 0.6 is 0 Å². The second kappa shape index (κ2) is 7.36. The van der Waals surface area contributed by atoms with Gasteiger partial charge in [-0.05, 0) is 25.2 Å². The first-order valence-corrected chi connectivity index (χ1v) is 6.59. The molecule has 1 rings (SSSR count). The van der Waals surface area contributed by atoms with Crippen molar-refractivity contribution in [3.05, 3.63) is 0 Å². The van der Waals surface area contributed by atoms with Crippen molar-refractivity contribution in [2.45, 2.75) is 32.6 Å². The minimum Gasteiger partial charge on any atom is -0.481 e. The molecule has 0 aromatic heterocycles. The molecule has 1 saturated carbocycles. The number of aliphatic carboxylic acids is 1. The molecule has 5 heteroatoms. The SMILES string of the molecule is CCC1CC(C(=O)O)C(C(=O)NCCCOC)C1. The normalized spacial score (nSPS) is 27.1. The van der Waals surface area contributed by atoms with Crippen molar-refractivity contribution in [2.75, 3.05) is 20.3 Å². The van der Waals surface area contributed by atoms with Gasteiger partial charge in [0, 0.05) is 20.3 Å².